The molecule has 74 valence electrons. The molecule has 0 aliphatic rings. The lowest BCUT2D eigenvalue weighted by atomic mass is 10.2. The van der Waals surface area contributed by atoms with Crippen molar-refractivity contribution in [2.24, 2.45) is 0 Å². The molecule has 0 aromatic carbocycles. The lowest BCUT2D eigenvalue weighted by Gasteiger charge is -2.05. The van der Waals surface area contributed by atoms with Crippen LogP contribution in [0.25, 0.3) is 0 Å². The number of hydrogen-bond acceptors (Lipinski definition) is 4. The minimum Gasteiger partial charge on any atom is -0.281 e. The van der Waals surface area contributed by atoms with Crippen LogP contribution in [0.3, 0.4) is 0 Å². The monoisotopic (exact) mass is 211 g/mol. The summed E-state index contributed by atoms with van der Waals surface area (Å²) in [6, 6.07) is 3.57. The molecule has 0 spiro atoms. The summed E-state index contributed by atoms with van der Waals surface area (Å²) in [6.07, 6.45) is 1.42. The van der Waals surface area contributed by atoms with E-state index < -0.39 is 11.3 Å². The number of hydrogen-bond donors (Lipinski definition) is 1. The molecule has 0 aliphatic heterocycles. The summed E-state index contributed by atoms with van der Waals surface area (Å²) in [4.78, 5) is 3.94. The van der Waals surface area contributed by atoms with Crippen molar-refractivity contribution in [3.8, 4) is 6.07 Å². The lowest BCUT2D eigenvalue weighted by molar-refractivity contribution is 0.449. The van der Waals surface area contributed by atoms with Crippen LogP contribution in [-0.2, 0) is 15.4 Å². The number of pyridine rings is 1. The van der Waals surface area contributed by atoms with Crippen LogP contribution in [0.4, 0.5) is 5.69 Å². The number of anilines is 1. The summed E-state index contributed by atoms with van der Waals surface area (Å²) < 4.78 is 18.1. The van der Waals surface area contributed by atoms with Gasteiger partial charge >= 0.3 is 0 Å². The second-order valence-corrected chi connectivity index (χ2v) is 3.49. The van der Waals surface area contributed by atoms with E-state index in [1.807, 2.05) is 6.07 Å². The van der Waals surface area contributed by atoms with Gasteiger partial charge in [-0.05, 0) is 13.0 Å². The van der Waals surface area contributed by atoms with Crippen LogP contribution in [0, 0.1) is 18.3 Å². The second kappa shape index (κ2) is 4.69. The van der Waals surface area contributed by atoms with Gasteiger partial charge in [0.15, 0.2) is 0 Å². The zero-order valence-electron chi connectivity index (χ0n) is 7.77. The van der Waals surface area contributed by atoms with Gasteiger partial charge in [0.1, 0.15) is 6.07 Å². The number of nitrogens with one attached hydrogen (secondary N) is 1. The van der Waals surface area contributed by atoms with Crippen LogP contribution in [0.5, 0.6) is 0 Å². The summed E-state index contributed by atoms with van der Waals surface area (Å²) >= 11 is -1.63. The van der Waals surface area contributed by atoms with E-state index in [1.165, 1.54) is 13.3 Å². The van der Waals surface area contributed by atoms with Gasteiger partial charge in [-0.2, -0.15) is 5.26 Å². The molecule has 1 heterocycles. The first-order valence-electron chi connectivity index (χ1n) is 3.77. The highest BCUT2D eigenvalue weighted by atomic mass is 32.2. The first-order chi connectivity index (χ1) is 6.67. The largest absolute Gasteiger partial charge is 0.281 e. The van der Waals surface area contributed by atoms with E-state index in [0.29, 0.717) is 11.3 Å². The van der Waals surface area contributed by atoms with Gasteiger partial charge in [0.05, 0.1) is 18.4 Å². The maximum atomic E-state index is 11.0. The molecule has 5 nitrogen and oxygen atoms in total. The molecule has 1 N–H and O–H groups in total. The summed E-state index contributed by atoms with van der Waals surface area (Å²) in [7, 11) is 1.31. The smallest absolute Gasteiger partial charge is 0.261 e. The molecule has 0 saturated heterocycles. The first-order valence-corrected chi connectivity index (χ1v) is 4.84. The highest BCUT2D eigenvalue weighted by Crippen LogP contribution is 2.15. The fraction of sp³-hybridized carbons (Fsp3) is 0.250. The van der Waals surface area contributed by atoms with Gasteiger partial charge < -0.3 is 0 Å². The van der Waals surface area contributed by atoms with Gasteiger partial charge in [0.25, 0.3) is 11.3 Å². The first kappa shape index (κ1) is 10.6. The Hall–Kier alpha value is -1.45. The Morgan fingerprint density at radius 3 is 3.00 bits per heavy atom. The van der Waals surface area contributed by atoms with E-state index in [-0.39, 0.29) is 0 Å². The topological polar surface area (TPSA) is 75.0 Å². The third kappa shape index (κ3) is 2.52. The summed E-state index contributed by atoms with van der Waals surface area (Å²) in [6.45, 7) is 1.78. The molecule has 1 aromatic rings. The van der Waals surface area contributed by atoms with Crippen molar-refractivity contribution in [2.75, 3.05) is 11.8 Å². The Morgan fingerprint density at radius 1 is 1.71 bits per heavy atom. The summed E-state index contributed by atoms with van der Waals surface area (Å²) in [5.74, 6) is 0. The van der Waals surface area contributed by atoms with Crippen LogP contribution in [-0.4, -0.2) is 16.3 Å². The van der Waals surface area contributed by atoms with Gasteiger partial charge in [-0.15, -0.1) is 0 Å². The Kier molecular flexibility index (Phi) is 3.56. The molecule has 0 amide bonds. The van der Waals surface area contributed by atoms with Crippen molar-refractivity contribution in [1.82, 2.24) is 4.98 Å². The summed E-state index contributed by atoms with van der Waals surface area (Å²) in [5.41, 5.74) is 1.53. The van der Waals surface area contributed by atoms with Gasteiger partial charge in [-0.3, -0.25) is 13.9 Å². The molecule has 0 radical (unpaired) electrons. The minimum atomic E-state index is -1.63. The van der Waals surface area contributed by atoms with Crippen molar-refractivity contribution in [2.45, 2.75) is 6.92 Å². The van der Waals surface area contributed by atoms with Crippen molar-refractivity contribution in [3.05, 3.63) is 23.5 Å². The van der Waals surface area contributed by atoms with E-state index in [1.54, 1.807) is 13.0 Å². The van der Waals surface area contributed by atoms with Crippen LogP contribution < -0.4 is 4.72 Å². The van der Waals surface area contributed by atoms with Crippen LogP contribution >= 0.6 is 0 Å². The third-order valence-electron chi connectivity index (χ3n) is 1.51. The van der Waals surface area contributed by atoms with Crippen LogP contribution in [0.15, 0.2) is 12.3 Å². The van der Waals surface area contributed by atoms with Crippen LogP contribution in [0.1, 0.15) is 11.3 Å². The zero-order valence-corrected chi connectivity index (χ0v) is 8.59. The maximum absolute atomic E-state index is 11.0. The highest BCUT2D eigenvalue weighted by Gasteiger charge is 2.05. The molecule has 0 aliphatic carbocycles. The molecule has 0 bridgehead atoms. The SMILES string of the molecule is COS(=O)Nc1cc(C)ncc1C#N. The summed E-state index contributed by atoms with van der Waals surface area (Å²) in [5, 5.41) is 8.73. The number of nitriles is 1. The van der Waals surface area contributed by atoms with Gasteiger partial charge in [0, 0.05) is 11.9 Å². The van der Waals surface area contributed by atoms with Crippen molar-refractivity contribution >= 4 is 17.0 Å². The molecule has 0 saturated carbocycles. The van der Waals surface area contributed by atoms with Gasteiger partial charge in [0.2, 0.25) is 0 Å². The number of aromatic nitrogens is 1. The predicted octanol–water partition coefficient (Wildman–Crippen LogP) is 0.899. The standard InChI is InChI=1S/C8H9N3O2S/c1-6-3-8(11-14(12)13-2)7(4-9)5-10-6/h3,5H,1-2H3,(H,10,11). The molecule has 1 atom stereocenters. The average molecular weight is 211 g/mol. The fourth-order valence-corrected chi connectivity index (χ4v) is 1.30. The lowest BCUT2D eigenvalue weighted by Crippen LogP contribution is -2.07. The molecule has 6 heteroatoms. The molecule has 1 rings (SSSR count). The number of aryl methyl sites for hydroxylation is 1. The minimum absolute atomic E-state index is 0.334. The number of nitrogens with zero attached hydrogens (tertiary/aromatic N) is 2. The van der Waals surface area contributed by atoms with E-state index in [2.05, 4.69) is 13.9 Å². The molecule has 0 fully saturated rings. The Labute approximate surface area is 84.5 Å². The Morgan fingerprint density at radius 2 is 2.43 bits per heavy atom. The molecule has 14 heavy (non-hydrogen) atoms. The maximum Gasteiger partial charge on any atom is 0.261 e. The Balaban J connectivity index is 3.00. The van der Waals surface area contributed by atoms with E-state index in [4.69, 9.17) is 5.26 Å². The Bertz CT molecular complexity index is 400. The molecular formula is C8H9N3O2S. The highest BCUT2D eigenvalue weighted by molar-refractivity contribution is 7.81. The zero-order chi connectivity index (χ0) is 10.6. The van der Waals surface area contributed by atoms with Crippen LogP contribution in [0.2, 0.25) is 0 Å². The van der Waals surface area contributed by atoms with Gasteiger partial charge in [-0.25, -0.2) is 4.21 Å². The van der Waals surface area contributed by atoms with E-state index in [0.717, 1.165) is 5.69 Å². The third-order valence-corrected chi connectivity index (χ3v) is 2.20. The van der Waals surface area contributed by atoms with Crippen molar-refractivity contribution < 1.29 is 8.39 Å². The molecule has 1 aromatic heterocycles. The van der Waals surface area contributed by atoms with E-state index in [9.17, 15) is 4.21 Å². The van der Waals surface area contributed by atoms with Crippen molar-refractivity contribution in [3.63, 3.8) is 0 Å². The predicted molar refractivity (Wildman–Crippen MR) is 52.5 cm³/mol. The van der Waals surface area contributed by atoms with Crippen molar-refractivity contribution in [1.29, 1.82) is 5.26 Å². The van der Waals surface area contributed by atoms with E-state index >= 15 is 0 Å². The van der Waals surface area contributed by atoms with Gasteiger partial charge in [-0.1, -0.05) is 0 Å². The molecule has 1 unspecified atom stereocenters. The number of rotatable bonds is 3. The fourth-order valence-electron chi connectivity index (χ4n) is 0.865. The molecular weight excluding hydrogens is 202 g/mol. The second-order valence-electron chi connectivity index (χ2n) is 2.49. The normalized spacial score (nSPS) is 11.8. The average Bonchev–Trinajstić information content (AvgIpc) is 2.18. The quantitative estimate of drug-likeness (QED) is 0.806.